The number of para-hydroxylation sites is 1. The van der Waals surface area contributed by atoms with Crippen LogP contribution in [0.1, 0.15) is 10.4 Å². The summed E-state index contributed by atoms with van der Waals surface area (Å²) in [6, 6.07) is 21.6. The first-order chi connectivity index (χ1) is 12.1. The third-order valence-electron chi connectivity index (χ3n) is 3.85. The zero-order chi connectivity index (χ0) is 17.8. The van der Waals surface area contributed by atoms with Crippen LogP contribution >= 0.6 is 0 Å². The highest BCUT2D eigenvalue weighted by molar-refractivity contribution is 6.13. The van der Waals surface area contributed by atoms with Gasteiger partial charge in [0, 0.05) is 22.7 Å². The first-order valence-corrected chi connectivity index (χ1v) is 7.78. The third-order valence-corrected chi connectivity index (χ3v) is 3.85. The number of carbonyl (C=O) groups is 1. The molecule has 0 saturated heterocycles. The number of nitrogens with zero attached hydrogens (tertiary/aromatic N) is 1. The summed E-state index contributed by atoms with van der Waals surface area (Å²) in [5.41, 5.74) is 14.5. The molecule has 0 fully saturated rings. The smallest absolute Gasteiger partial charge is 0.264 e. The van der Waals surface area contributed by atoms with E-state index >= 15 is 0 Å². The van der Waals surface area contributed by atoms with Gasteiger partial charge in [-0.2, -0.15) is 0 Å². The second kappa shape index (κ2) is 6.97. The van der Waals surface area contributed by atoms with E-state index in [2.05, 4.69) is 0 Å². The van der Waals surface area contributed by atoms with Crippen LogP contribution in [-0.2, 0) is 0 Å². The Morgan fingerprint density at radius 2 is 1.52 bits per heavy atom. The van der Waals surface area contributed by atoms with Crippen LogP contribution in [0.4, 0.5) is 22.7 Å². The van der Waals surface area contributed by atoms with Gasteiger partial charge >= 0.3 is 0 Å². The molecule has 3 aromatic carbocycles. The average Bonchev–Trinajstić information content (AvgIpc) is 2.63. The van der Waals surface area contributed by atoms with Crippen molar-refractivity contribution in [1.29, 1.82) is 0 Å². The van der Waals surface area contributed by atoms with E-state index in [0.717, 1.165) is 11.4 Å². The number of amides is 1. The second-order valence-electron chi connectivity index (χ2n) is 5.52. The molecule has 0 spiro atoms. The van der Waals surface area contributed by atoms with E-state index in [-0.39, 0.29) is 5.91 Å². The molecule has 0 aromatic heterocycles. The molecule has 4 N–H and O–H groups in total. The van der Waals surface area contributed by atoms with Gasteiger partial charge in [-0.1, -0.05) is 18.2 Å². The SMILES string of the molecule is COc1ccc(N(C(=O)c2ccc(N)cc2N)c2ccccc2)cc1. The molecule has 1 amide bonds. The Labute approximate surface area is 146 Å². The lowest BCUT2D eigenvalue weighted by Crippen LogP contribution is -2.26. The number of rotatable bonds is 4. The minimum absolute atomic E-state index is 0.228. The number of nitrogen functional groups attached to an aromatic ring is 2. The highest BCUT2D eigenvalue weighted by atomic mass is 16.5. The lowest BCUT2D eigenvalue weighted by Gasteiger charge is -2.24. The van der Waals surface area contributed by atoms with E-state index in [1.165, 1.54) is 0 Å². The topological polar surface area (TPSA) is 81.6 Å². The molecule has 25 heavy (non-hydrogen) atoms. The normalized spacial score (nSPS) is 10.3. The van der Waals surface area contributed by atoms with E-state index in [4.69, 9.17) is 16.2 Å². The molecular formula is C20H19N3O2. The van der Waals surface area contributed by atoms with Crippen molar-refractivity contribution in [3.05, 3.63) is 78.4 Å². The third kappa shape index (κ3) is 3.40. The Morgan fingerprint density at radius 3 is 2.12 bits per heavy atom. The van der Waals surface area contributed by atoms with Crippen molar-refractivity contribution in [2.45, 2.75) is 0 Å². The number of nitrogens with two attached hydrogens (primary N) is 2. The van der Waals surface area contributed by atoms with Crippen LogP contribution in [0, 0.1) is 0 Å². The Morgan fingerprint density at radius 1 is 0.880 bits per heavy atom. The van der Waals surface area contributed by atoms with Crippen LogP contribution < -0.4 is 21.1 Å². The summed E-state index contributed by atoms with van der Waals surface area (Å²) < 4.78 is 5.19. The summed E-state index contributed by atoms with van der Waals surface area (Å²) in [6.07, 6.45) is 0. The molecule has 0 radical (unpaired) electrons. The summed E-state index contributed by atoms with van der Waals surface area (Å²) in [6.45, 7) is 0. The summed E-state index contributed by atoms with van der Waals surface area (Å²) in [4.78, 5) is 14.8. The summed E-state index contributed by atoms with van der Waals surface area (Å²) in [5.74, 6) is 0.491. The molecule has 0 aliphatic heterocycles. The largest absolute Gasteiger partial charge is 0.497 e. The van der Waals surface area contributed by atoms with Gasteiger partial charge in [0.15, 0.2) is 0 Å². The van der Waals surface area contributed by atoms with Gasteiger partial charge in [0.05, 0.1) is 12.7 Å². The number of ether oxygens (including phenoxy) is 1. The first-order valence-electron chi connectivity index (χ1n) is 7.78. The van der Waals surface area contributed by atoms with Gasteiger partial charge in [-0.25, -0.2) is 0 Å². The van der Waals surface area contributed by atoms with E-state index in [0.29, 0.717) is 22.6 Å². The van der Waals surface area contributed by atoms with E-state index in [9.17, 15) is 4.79 Å². The fraction of sp³-hybridized carbons (Fsp3) is 0.0500. The lowest BCUT2D eigenvalue weighted by molar-refractivity contribution is 0.1000. The number of hydrogen-bond acceptors (Lipinski definition) is 4. The van der Waals surface area contributed by atoms with Crippen molar-refractivity contribution in [3.8, 4) is 5.75 Å². The maximum Gasteiger partial charge on any atom is 0.264 e. The Hall–Kier alpha value is -3.47. The molecule has 3 aromatic rings. The van der Waals surface area contributed by atoms with Crippen molar-refractivity contribution >= 4 is 28.7 Å². The molecule has 0 unspecified atom stereocenters. The highest BCUT2D eigenvalue weighted by Crippen LogP contribution is 2.30. The average molecular weight is 333 g/mol. The predicted molar refractivity (Wildman–Crippen MR) is 101 cm³/mol. The number of carbonyl (C=O) groups excluding carboxylic acids is 1. The van der Waals surface area contributed by atoms with Crippen molar-refractivity contribution in [1.82, 2.24) is 0 Å². The van der Waals surface area contributed by atoms with Gasteiger partial charge in [0.2, 0.25) is 0 Å². The second-order valence-corrected chi connectivity index (χ2v) is 5.52. The van der Waals surface area contributed by atoms with E-state index in [1.54, 1.807) is 30.2 Å². The molecule has 126 valence electrons. The maximum atomic E-state index is 13.2. The van der Waals surface area contributed by atoms with Crippen LogP contribution in [0.25, 0.3) is 0 Å². The monoisotopic (exact) mass is 333 g/mol. The van der Waals surface area contributed by atoms with Crippen molar-refractivity contribution in [2.75, 3.05) is 23.5 Å². The van der Waals surface area contributed by atoms with Gasteiger partial charge in [-0.15, -0.1) is 0 Å². The van der Waals surface area contributed by atoms with E-state index < -0.39 is 0 Å². The molecule has 0 heterocycles. The molecule has 0 saturated carbocycles. The standard InChI is InChI=1S/C20H19N3O2/c1-25-17-10-8-16(9-11-17)23(15-5-3-2-4-6-15)20(24)18-12-7-14(21)13-19(18)22/h2-13H,21-22H2,1H3. The minimum atomic E-state index is -0.228. The molecule has 5 nitrogen and oxygen atoms in total. The molecule has 0 aliphatic carbocycles. The summed E-state index contributed by atoms with van der Waals surface area (Å²) >= 11 is 0. The number of hydrogen-bond donors (Lipinski definition) is 2. The van der Waals surface area contributed by atoms with Crippen LogP contribution in [0.3, 0.4) is 0 Å². The van der Waals surface area contributed by atoms with Crippen molar-refractivity contribution < 1.29 is 9.53 Å². The van der Waals surface area contributed by atoms with Gasteiger partial charge in [0.25, 0.3) is 5.91 Å². The molecule has 3 rings (SSSR count). The van der Waals surface area contributed by atoms with Gasteiger partial charge in [0.1, 0.15) is 5.75 Å². The van der Waals surface area contributed by atoms with Gasteiger partial charge in [-0.3, -0.25) is 9.69 Å². The zero-order valence-corrected chi connectivity index (χ0v) is 13.8. The number of methoxy groups -OCH3 is 1. The number of benzene rings is 3. The van der Waals surface area contributed by atoms with Crippen LogP contribution in [0.15, 0.2) is 72.8 Å². The van der Waals surface area contributed by atoms with Crippen molar-refractivity contribution in [2.24, 2.45) is 0 Å². The Balaban J connectivity index is 2.08. The van der Waals surface area contributed by atoms with Gasteiger partial charge < -0.3 is 16.2 Å². The summed E-state index contributed by atoms with van der Waals surface area (Å²) in [5, 5.41) is 0. The maximum absolute atomic E-state index is 13.2. The summed E-state index contributed by atoms with van der Waals surface area (Å²) in [7, 11) is 1.60. The fourth-order valence-electron chi connectivity index (χ4n) is 2.59. The lowest BCUT2D eigenvalue weighted by atomic mass is 10.1. The fourth-order valence-corrected chi connectivity index (χ4v) is 2.59. The Bertz CT molecular complexity index is 877. The molecule has 0 atom stereocenters. The molecular weight excluding hydrogens is 314 g/mol. The molecule has 0 bridgehead atoms. The quantitative estimate of drug-likeness (QED) is 0.711. The minimum Gasteiger partial charge on any atom is -0.497 e. The van der Waals surface area contributed by atoms with E-state index in [1.807, 2.05) is 54.6 Å². The Kier molecular flexibility index (Phi) is 4.57. The molecule has 0 aliphatic rings. The molecule has 5 heteroatoms. The van der Waals surface area contributed by atoms with Crippen LogP contribution in [-0.4, -0.2) is 13.0 Å². The van der Waals surface area contributed by atoms with Crippen molar-refractivity contribution in [3.63, 3.8) is 0 Å². The number of anilines is 4. The highest BCUT2D eigenvalue weighted by Gasteiger charge is 2.21. The van der Waals surface area contributed by atoms with Gasteiger partial charge in [-0.05, 0) is 54.6 Å². The zero-order valence-electron chi connectivity index (χ0n) is 13.8. The van der Waals surface area contributed by atoms with Crippen LogP contribution in [0.5, 0.6) is 5.75 Å². The first kappa shape index (κ1) is 16.4. The van der Waals surface area contributed by atoms with Crippen LogP contribution in [0.2, 0.25) is 0 Å². The predicted octanol–water partition coefficient (Wildman–Crippen LogP) is 3.84.